The van der Waals surface area contributed by atoms with Crippen LogP contribution in [0.25, 0.3) is 76.8 Å². The Balaban J connectivity index is 1.16. The minimum Gasteiger partial charge on any atom is -0.310 e. The Hall–Kier alpha value is -8.86. The maximum absolute atomic E-state index is 15.9. The van der Waals surface area contributed by atoms with Crippen molar-refractivity contribution >= 4 is 66.4 Å². The summed E-state index contributed by atoms with van der Waals surface area (Å²) in [4.78, 5) is 3.35. The first kappa shape index (κ1) is 25.9. The molecule has 328 valence electrons. The molecule has 0 aliphatic carbocycles. The average Bonchev–Trinajstić information content (AvgIpc) is 0.783. The van der Waals surface area contributed by atoms with E-state index in [4.69, 9.17) is 24.7 Å². The molecule has 0 spiro atoms. The number of halogens is 2. The number of hydrogen-bond donors (Lipinski definition) is 0. The minimum absolute atomic E-state index is 0.000844. The Morgan fingerprint density at radius 3 is 1.19 bits per heavy atom. The molecular weight excluding hydrogens is 847 g/mol. The standard InChI is InChI=1S/C65H44F2N2/c1-43-15-11-12-26-59(43)52-36-51(46-20-9-4-10-21-46)39-58(40-52)69(56-25-14-23-54(67)42-56)63-34-30-48-27-31-60-62(33-29-47-28-32-61(63)65(48)64(47)60)68(55-24-13-22-53(66)41-55)57-37-49(44-16-5-2-6-17-44)35-50(38-57)45-18-7-3-8-19-45/h2-42H,1H3/i2D,3D,4D,5D,6D,7D,8D,9D,10D,11D,12D,15D,16D,17D,18D,19D,20D,21D,26D. The van der Waals surface area contributed by atoms with Gasteiger partial charge in [0.2, 0.25) is 0 Å². The van der Waals surface area contributed by atoms with Gasteiger partial charge in [-0.05, 0) is 163 Å². The van der Waals surface area contributed by atoms with Crippen molar-refractivity contribution in [2.75, 3.05) is 9.80 Å². The second-order valence-electron chi connectivity index (χ2n) is 16.3. The van der Waals surface area contributed by atoms with Gasteiger partial charge in [-0.25, -0.2) is 8.78 Å². The molecule has 0 saturated heterocycles. The van der Waals surface area contributed by atoms with Crippen molar-refractivity contribution in [1.29, 1.82) is 0 Å². The van der Waals surface area contributed by atoms with Crippen LogP contribution in [0.3, 0.4) is 0 Å². The number of hydrogen-bond acceptors (Lipinski definition) is 2. The van der Waals surface area contributed by atoms with Crippen molar-refractivity contribution in [3.05, 3.63) is 265 Å². The molecular formula is C65H44F2N2. The fourth-order valence-corrected chi connectivity index (χ4v) is 9.15. The van der Waals surface area contributed by atoms with Crippen molar-refractivity contribution in [3.63, 3.8) is 0 Å². The molecule has 0 unspecified atom stereocenters. The highest BCUT2D eigenvalue weighted by atomic mass is 19.1. The topological polar surface area (TPSA) is 6.48 Å². The molecule has 12 aromatic carbocycles. The summed E-state index contributed by atoms with van der Waals surface area (Å²) >= 11 is 0. The highest BCUT2D eigenvalue weighted by Gasteiger charge is 2.24. The number of rotatable bonds is 10. The molecule has 69 heavy (non-hydrogen) atoms. The Bertz CT molecular complexity index is 4400. The van der Waals surface area contributed by atoms with Crippen LogP contribution in [0.4, 0.5) is 42.9 Å². The third-order valence-electron chi connectivity index (χ3n) is 12.1. The van der Waals surface area contributed by atoms with E-state index in [1.54, 1.807) is 46.2 Å². The van der Waals surface area contributed by atoms with Crippen molar-refractivity contribution in [2.24, 2.45) is 0 Å². The summed E-state index contributed by atoms with van der Waals surface area (Å²) in [6.07, 6.45) is 0. The van der Waals surface area contributed by atoms with E-state index >= 15 is 8.78 Å². The van der Waals surface area contributed by atoms with Gasteiger partial charge in [0.1, 0.15) is 11.6 Å². The van der Waals surface area contributed by atoms with Gasteiger partial charge < -0.3 is 9.80 Å². The summed E-state index contributed by atoms with van der Waals surface area (Å²) < 4.78 is 198. The van der Waals surface area contributed by atoms with Crippen LogP contribution in [-0.2, 0) is 0 Å². The molecule has 0 atom stereocenters. The Morgan fingerprint density at radius 1 is 0.348 bits per heavy atom. The van der Waals surface area contributed by atoms with Gasteiger partial charge in [-0.15, -0.1) is 0 Å². The van der Waals surface area contributed by atoms with Gasteiger partial charge in [0.25, 0.3) is 0 Å². The van der Waals surface area contributed by atoms with E-state index in [9.17, 15) is 1.37 Å². The molecule has 0 heterocycles. The normalized spacial score (nSPS) is 15.3. The molecule has 0 radical (unpaired) electrons. The zero-order valence-corrected chi connectivity index (χ0v) is 36.4. The van der Waals surface area contributed by atoms with Crippen LogP contribution in [0, 0.1) is 18.6 Å². The largest absolute Gasteiger partial charge is 0.310 e. The van der Waals surface area contributed by atoms with Crippen LogP contribution in [0.2, 0.25) is 0 Å². The summed E-state index contributed by atoms with van der Waals surface area (Å²) in [7, 11) is 0. The van der Waals surface area contributed by atoms with Crippen LogP contribution in [0.1, 0.15) is 31.6 Å². The lowest BCUT2D eigenvalue weighted by Crippen LogP contribution is -2.12. The maximum atomic E-state index is 15.9. The lowest BCUT2D eigenvalue weighted by Gasteiger charge is -2.30. The second kappa shape index (κ2) is 17.4. The predicted molar refractivity (Wildman–Crippen MR) is 286 cm³/mol. The Morgan fingerprint density at radius 2 is 0.739 bits per heavy atom. The molecule has 12 aromatic rings. The zero-order valence-electron chi connectivity index (χ0n) is 55.4. The zero-order chi connectivity index (χ0) is 63.0. The lowest BCUT2D eigenvalue weighted by atomic mass is 9.91. The lowest BCUT2D eigenvalue weighted by molar-refractivity contribution is 0.627. The number of nitrogens with zero attached hydrogens (tertiary/aromatic N) is 2. The molecule has 0 N–H and O–H groups in total. The van der Waals surface area contributed by atoms with Crippen molar-refractivity contribution in [3.8, 4) is 44.5 Å². The maximum Gasteiger partial charge on any atom is 0.125 e. The van der Waals surface area contributed by atoms with Crippen LogP contribution in [0.15, 0.2) is 248 Å². The SMILES string of the molecule is [2H]c1c([2H])c([2H])c(-c2cc(-c3c([2H])c([2H])c([2H])c([2H])c3[2H])cc(N(c3cccc(F)c3)c3ccc4ccc5c(N(c6cccc(F)c6)c6cc(-c7c([2H])c([2H])c([2H])c([2H])c7[2H])cc(-c7c([2H])c([2H])c([2H])c([2H])c7C)c6)ccc6ccc3c4c65)c2)c([2H])c1[2H]. The molecule has 0 fully saturated rings. The average molecular weight is 910 g/mol. The van der Waals surface area contributed by atoms with Crippen LogP contribution in [0.5, 0.6) is 0 Å². The van der Waals surface area contributed by atoms with E-state index in [2.05, 4.69) is 0 Å². The quantitative estimate of drug-likeness (QED) is 0.126. The van der Waals surface area contributed by atoms with E-state index < -0.39 is 120 Å². The molecule has 12 rings (SSSR count). The van der Waals surface area contributed by atoms with Crippen molar-refractivity contribution in [1.82, 2.24) is 0 Å². The van der Waals surface area contributed by atoms with E-state index in [-0.39, 0.29) is 78.9 Å². The third kappa shape index (κ3) is 7.72. The summed E-state index contributed by atoms with van der Waals surface area (Å²) in [5, 5.41) is 3.82. The molecule has 0 aliphatic heterocycles. The van der Waals surface area contributed by atoms with Gasteiger partial charge in [0, 0.05) is 33.5 Å². The van der Waals surface area contributed by atoms with Gasteiger partial charge in [-0.1, -0.05) is 163 Å². The summed E-state index contributed by atoms with van der Waals surface area (Å²) in [6.45, 7) is 1.52. The Kier molecular flexibility index (Phi) is 6.53. The van der Waals surface area contributed by atoms with Crippen LogP contribution in [-0.4, -0.2) is 0 Å². The second-order valence-corrected chi connectivity index (χ2v) is 16.3. The molecule has 0 amide bonds. The fourth-order valence-electron chi connectivity index (χ4n) is 9.15. The van der Waals surface area contributed by atoms with E-state index in [0.29, 0.717) is 43.7 Å². The van der Waals surface area contributed by atoms with Gasteiger partial charge in [-0.3, -0.25) is 0 Å². The Labute approximate surface area is 427 Å². The predicted octanol–water partition coefficient (Wildman–Crippen LogP) is 18.8. The molecule has 2 nitrogen and oxygen atoms in total. The highest BCUT2D eigenvalue weighted by Crippen LogP contribution is 2.49. The first-order chi connectivity index (χ1) is 41.8. The van der Waals surface area contributed by atoms with Gasteiger partial charge >= 0.3 is 0 Å². The smallest absolute Gasteiger partial charge is 0.125 e. The van der Waals surface area contributed by atoms with E-state index in [1.807, 2.05) is 36.4 Å². The van der Waals surface area contributed by atoms with Crippen LogP contribution >= 0.6 is 0 Å². The molecule has 4 heteroatoms. The first-order valence-electron chi connectivity index (χ1n) is 31.2. The van der Waals surface area contributed by atoms with Crippen molar-refractivity contribution < 1.29 is 34.8 Å². The van der Waals surface area contributed by atoms with E-state index in [0.717, 1.165) is 0 Å². The summed E-state index contributed by atoms with van der Waals surface area (Å²) in [5.41, 5.74) is 1.37. The van der Waals surface area contributed by atoms with Gasteiger partial charge in [0.05, 0.1) is 37.4 Å². The number of benzene rings is 12. The molecule has 0 aromatic heterocycles. The van der Waals surface area contributed by atoms with Gasteiger partial charge in [-0.2, -0.15) is 0 Å². The minimum atomic E-state index is -0.662. The first-order valence-corrected chi connectivity index (χ1v) is 21.7. The number of anilines is 6. The van der Waals surface area contributed by atoms with E-state index in [1.165, 1.54) is 67.6 Å². The molecule has 0 bridgehead atoms. The van der Waals surface area contributed by atoms with Crippen molar-refractivity contribution in [2.45, 2.75) is 6.92 Å². The van der Waals surface area contributed by atoms with Gasteiger partial charge in [0.15, 0.2) is 0 Å². The summed E-state index contributed by atoms with van der Waals surface area (Å²) in [5.74, 6) is -1.29. The molecule has 0 aliphatic rings. The monoisotopic (exact) mass is 909 g/mol. The third-order valence-corrected chi connectivity index (χ3v) is 12.1. The fraction of sp³-hybridized carbons (Fsp3) is 0.0154. The molecule has 0 saturated carbocycles. The highest BCUT2D eigenvalue weighted by molar-refractivity contribution is 6.28. The summed E-state index contributed by atoms with van der Waals surface area (Å²) in [6, 6.07) is 24.0. The van der Waals surface area contributed by atoms with Crippen LogP contribution < -0.4 is 9.80 Å².